The van der Waals surface area contributed by atoms with Crippen molar-refractivity contribution in [1.82, 2.24) is 0 Å². The maximum absolute atomic E-state index is 9.23. The molecule has 0 fully saturated rings. The van der Waals surface area contributed by atoms with Crippen LogP contribution in [-0.4, -0.2) is 15.7 Å². The van der Waals surface area contributed by atoms with Crippen molar-refractivity contribution in [2.75, 3.05) is 6.61 Å². The van der Waals surface area contributed by atoms with Crippen LogP contribution in [0.1, 0.15) is 6.92 Å². The van der Waals surface area contributed by atoms with Crippen molar-refractivity contribution >= 4 is 34.8 Å². The van der Waals surface area contributed by atoms with Crippen molar-refractivity contribution in [2.24, 2.45) is 0 Å². The Hall–Kier alpha value is -0.510. The van der Waals surface area contributed by atoms with E-state index in [2.05, 4.69) is 0 Å². The van der Waals surface area contributed by atoms with Gasteiger partial charge in [-0.15, -0.1) is 0 Å². The highest BCUT2D eigenvalue weighted by atomic mass is 35.6. The summed E-state index contributed by atoms with van der Waals surface area (Å²) in [6.45, 7) is 2.21. The Morgan fingerprint density at radius 1 is 1.27 bits per heavy atom. The summed E-state index contributed by atoms with van der Waals surface area (Å²) >= 11 is 16.4. The summed E-state index contributed by atoms with van der Waals surface area (Å²) in [5.74, 6) is 0.633. The molecule has 0 aliphatic rings. The number of alkyl halides is 3. The maximum atomic E-state index is 9.23. The Balaban J connectivity index is 2.95. The van der Waals surface area contributed by atoms with Gasteiger partial charge in [0.15, 0.2) is 11.5 Å². The lowest BCUT2D eigenvalue weighted by atomic mass is 10.3. The third kappa shape index (κ3) is 4.24. The number of aromatic hydroxyl groups is 1. The van der Waals surface area contributed by atoms with E-state index in [1.807, 2.05) is 0 Å². The molecule has 0 aromatic heterocycles. The number of ether oxygens (including phenoxy) is 2. The van der Waals surface area contributed by atoms with E-state index < -0.39 is 3.98 Å². The number of hydrogen-bond donors (Lipinski definition) is 1. The summed E-state index contributed by atoms with van der Waals surface area (Å²) in [5.41, 5.74) is 0. The van der Waals surface area contributed by atoms with Crippen LogP contribution in [0.15, 0.2) is 18.2 Å². The normalized spacial score (nSPS) is 11.2. The summed E-state index contributed by atoms with van der Waals surface area (Å²) in [7, 11) is 0. The van der Waals surface area contributed by atoms with Crippen LogP contribution in [0.2, 0.25) is 0 Å². The molecule has 0 bridgehead atoms. The first-order valence-electron chi connectivity index (χ1n) is 4.14. The molecule has 0 saturated heterocycles. The van der Waals surface area contributed by atoms with E-state index in [1.165, 1.54) is 18.2 Å². The number of benzene rings is 1. The van der Waals surface area contributed by atoms with Crippen molar-refractivity contribution in [3.05, 3.63) is 18.2 Å². The minimum atomic E-state index is -1.86. The van der Waals surface area contributed by atoms with Gasteiger partial charge in [0, 0.05) is 6.07 Å². The van der Waals surface area contributed by atoms with Crippen LogP contribution in [0.25, 0.3) is 0 Å². The lowest BCUT2D eigenvalue weighted by Crippen LogP contribution is -2.13. The van der Waals surface area contributed by atoms with Gasteiger partial charge in [-0.1, -0.05) is 0 Å². The van der Waals surface area contributed by atoms with Crippen LogP contribution in [0.3, 0.4) is 0 Å². The summed E-state index contributed by atoms with van der Waals surface area (Å²) in [4.78, 5) is 0. The molecule has 0 amide bonds. The highest BCUT2D eigenvalue weighted by Crippen LogP contribution is 2.37. The Kier molecular flexibility index (Phi) is 4.20. The van der Waals surface area contributed by atoms with Crippen LogP contribution in [-0.2, 0) is 0 Å². The van der Waals surface area contributed by atoms with Gasteiger partial charge in [-0.05, 0) is 53.9 Å². The van der Waals surface area contributed by atoms with Gasteiger partial charge in [-0.2, -0.15) is 0 Å². The van der Waals surface area contributed by atoms with Gasteiger partial charge in [0.25, 0.3) is 0 Å². The maximum Gasteiger partial charge on any atom is 0.338 e. The van der Waals surface area contributed by atoms with Gasteiger partial charge in [0.1, 0.15) is 5.75 Å². The molecule has 1 rings (SSSR count). The fourth-order valence-electron chi connectivity index (χ4n) is 0.974. The molecule has 0 radical (unpaired) electrons. The number of hydrogen-bond acceptors (Lipinski definition) is 3. The van der Waals surface area contributed by atoms with Gasteiger partial charge in [-0.25, -0.2) is 0 Å². The standard InChI is InChI=1S/C9H9Cl3O3/c1-2-14-8-5-6(13)3-4-7(8)15-9(10,11)12/h3-5,13H,2H2,1H3. The molecule has 1 aromatic rings. The van der Waals surface area contributed by atoms with Gasteiger partial charge in [-0.3, -0.25) is 0 Å². The van der Waals surface area contributed by atoms with Gasteiger partial charge >= 0.3 is 3.98 Å². The molecule has 1 N–H and O–H groups in total. The predicted molar refractivity (Wildman–Crippen MR) is 60.2 cm³/mol. The van der Waals surface area contributed by atoms with E-state index >= 15 is 0 Å². The third-order valence-electron chi connectivity index (χ3n) is 1.45. The largest absolute Gasteiger partial charge is 0.508 e. The van der Waals surface area contributed by atoms with Gasteiger partial charge in [0.2, 0.25) is 0 Å². The molecule has 0 spiro atoms. The van der Waals surface area contributed by atoms with Crippen LogP contribution < -0.4 is 9.47 Å². The molecule has 0 atom stereocenters. The summed E-state index contributed by atoms with van der Waals surface area (Å²) in [6.07, 6.45) is 0. The Morgan fingerprint density at radius 3 is 2.47 bits per heavy atom. The zero-order chi connectivity index (χ0) is 11.5. The smallest absolute Gasteiger partial charge is 0.338 e. The van der Waals surface area contributed by atoms with Gasteiger partial charge < -0.3 is 14.6 Å². The van der Waals surface area contributed by atoms with E-state index in [9.17, 15) is 5.11 Å². The first-order chi connectivity index (χ1) is 6.92. The predicted octanol–water partition coefficient (Wildman–Crippen LogP) is 3.50. The molecule has 3 nitrogen and oxygen atoms in total. The minimum absolute atomic E-state index is 0.0510. The molecule has 84 valence electrons. The van der Waals surface area contributed by atoms with Crippen molar-refractivity contribution in [3.63, 3.8) is 0 Å². The second kappa shape index (κ2) is 5.01. The van der Waals surface area contributed by atoms with Crippen LogP contribution in [0, 0.1) is 0 Å². The number of rotatable bonds is 3. The topological polar surface area (TPSA) is 38.7 Å². The summed E-state index contributed by atoms with van der Waals surface area (Å²) < 4.78 is 8.35. The number of phenolic OH excluding ortho intramolecular Hbond substituents is 1. The van der Waals surface area contributed by atoms with Crippen LogP contribution in [0.4, 0.5) is 0 Å². The highest BCUT2D eigenvalue weighted by molar-refractivity contribution is 6.66. The second-order valence-corrected chi connectivity index (χ2v) is 4.79. The van der Waals surface area contributed by atoms with E-state index in [-0.39, 0.29) is 11.5 Å². The lowest BCUT2D eigenvalue weighted by molar-refractivity contribution is 0.276. The first kappa shape index (κ1) is 12.6. The van der Waals surface area contributed by atoms with Crippen molar-refractivity contribution < 1.29 is 14.6 Å². The second-order valence-electron chi connectivity index (χ2n) is 2.61. The monoisotopic (exact) mass is 270 g/mol. The van der Waals surface area contributed by atoms with E-state index in [0.717, 1.165) is 0 Å². The molecular weight excluding hydrogens is 262 g/mol. The molecule has 0 unspecified atom stereocenters. The molecule has 0 aliphatic heterocycles. The molecule has 0 saturated carbocycles. The quantitative estimate of drug-likeness (QED) is 0.855. The summed E-state index contributed by atoms with van der Waals surface area (Å²) in [6, 6.07) is 4.26. The zero-order valence-corrected chi connectivity index (χ0v) is 10.1. The van der Waals surface area contributed by atoms with E-state index in [0.29, 0.717) is 12.4 Å². The molecule has 6 heteroatoms. The average molecular weight is 272 g/mol. The first-order valence-corrected chi connectivity index (χ1v) is 5.27. The van der Waals surface area contributed by atoms with Crippen LogP contribution >= 0.6 is 34.8 Å². The summed E-state index contributed by atoms with van der Waals surface area (Å²) in [5, 5.41) is 9.23. The zero-order valence-electron chi connectivity index (χ0n) is 7.84. The molecule has 1 aromatic carbocycles. The SMILES string of the molecule is CCOc1cc(O)ccc1OC(Cl)(Cl)Cl. The Labute approximate surface area is 102 Å². The average Bonchev–Trinajstić information content (AvgIpc) is 2.08. The molecule has 15 heavy (non-hydrogen) atoms. The third-order valence-corrected chi connectivity index (χ3v) is 1.68. The van der Waals surface area contributed by atoms with Crippen molar-refractivity contribution in [2.45, 2.75) is 10.9 Å². The Morgan fingerprint density at radius 2 is 1.93 bits per heavy atom. The lowest BCUT2D eigenvalue weighted by Gasteiger charge is -2.16. The Bertz CT molecular complexity index is 336. The number of phenols is 1. The minimum Gasteiger partial charge on any atom is -0.508 e. The molecule has 0 aliphatic carbocycles. The van der Waals surface area contributed by atoms with E-state index in [4.69, 9.17) is 44.3 Å². The number of halogens is 3. The van der Waals surface area contributed by atoms with Crippen molar-refractivity contribution in [3.8, 4) is 17.2 Å². The highest BCUT2D eigenvalue weighted by Gasteiger charge is 2.23. The van der Waals surface area contributed by atoms with Crippen LogP contribution in [0.5, 0.6) is 17.2 Å². The van der Waals surface area contributed by atoms with Crippen molar-refractivity contribution in [1.29, 1.82) is 0 Å². The fourth-order valence-corrected chi connectivity index (χ4v) is 1.22. The molecule has 0 heterocycles. The van der Waals surface area contributed by atoms with E-state index in [1.54, 1.807) is 6.92 Å². The van der Waals surface area contributed by atoms with Gasteiger partial charge in [0.05, 0.1) is 6.61 Å². The molecular formula is C9H9Cl3O3. The fraction of sp³-hybridized carbons (Fsp3) is 0.333.